The predicted octanol–water partition coefficient (Wildman–Crippen LogP) is 1.81. The Balaban J connectivity index is 1.50. The molecule has 52 heavy (non-hydrogen) atoms. The summed E-state index contributed by atoms with van der Waals surface area (Å²) in [6.07, 6.45) is 2.26. The van der Waals surface area contributed by atoms with Crippen LogP contribution in [0.1, 0.15) is 36.8 Å². The maximum Gasteiger partial charge on any atom is 0.243 e. The second-order valence-electron chi connectivity index (χ2n) is 12.6. The number of hydrogen-bond acceptors (Lipinski definition) is 6. The summed E-state index contributed by atoms with van der Waals surface area (Å²) in [5, 5.41) is 10.9. The number of amides is 3. The van der Waals surface area contributed by atoms with Gasteiger partial charge < -0.3 is 44.6 Å². The lowest BCUT2D eigenvalue weighted by Gasteiger charge is -2.24. The highest BCUT2D eigenvalue weighted by molar-refractivity contribution is 5.93. The van der Waals surface area contributed by atoms with Crippen LogP contribution in [-0.2, 0) is 27.2 Å². The maximum absolute atomic E-state index is 13.9. The molecule has 0 saturated carbocycles. The van der Waals surface area contributed by atoms with E-state index in [-0.39, 0.29) is 37.2 Å². The smallest absolute Gasteiger partial charge is 0.243 e. The van der Waals surface area contributed by atoms with E-state index >= 15 is 0 Å². The standard InChI is InChI=1S/C39H50N10O3/c40-32(12-6-21-46-38(41)42)35(50)49-34(24-27-14-16-29(17-15-27)31-19-18-28-10-4-5-11-30(28)25-31)37(52)48-33(13-7-22-47-39(43)44)36(51)45-23-20-26-8-2-1-3-9-26/h1-5,8-11,14-19,25,32-34H,6-7,12-13,20-24,40H2,(H,45,51)(H,48,52)(H,49,50)(H4,41,42,46)(H4,43,44,47). The Labute approximate surface area is 304 Å². The SMILES string of the molecule is NC(N)=NCCCC(N)C(=O)NC(Cc1ccc(-c2ccc3ccccc3c2)cc1)C(=O)NC(CCCN=C(N)N)C(=O)NCCc1ccccc1. The normalized spacial score (nSPS) is 12.6. The van der Waals surface area contributed by atoms with Crippen LogP contribution in [0.2, 0.25) is 0 Å². The molecular weight excluding hydrogens is 656 g/mol. The minimum absolute atomic E-state index is 0.0432. The molecule has 0 aliphatic rings. The third-order valence-electron chi connectivity index (χ3n) is 8.55. The van der Waals surface area contributed by atoms with E-state index in [1.165, 1.54) is 0 Å². The van der Waals surface area contributed by atoms with Crippen molar-refractivity contribution in [3.05, 3.63) is 108 Å². The molecule has 0 bridgehead atoms. The van der Waals surface area contributed by atoms with E-state index in [0.717, 1.165) is 33.0 Å². The zero-order chi connectivity index (χ0) is 37.3. The molecule has 13 nitrogen and oxygen atoms in total. The van der Waals surface area contributed by atoms with Gasteiger partial charge >= 0.3 is 0 Å². The summed E-state index contributed by atoms with van der Waals surface area (Å²) < 4.78 is 0. The molecule has 4 aromatic carbocycles. The fourth-order valence-corrected chi connectivity index (χ4v) is 5.72. The van der Waals surface area contributed by atoms with Gasteiger partial charge in [-0.3, -0.25) is 24.4 Å². The van der Waals surface area contributed by atoms with E-state index < -0.39 is 29.9 Å². The number of nitrogens with one attached hydrogen (secondary N) is 3. The summed E-state index contributed by atoms with van der Waals surface area (Å²) in [4.78, 5) is 48.6. The molecule has 4 aromatic rings. The van der Waals surface area contributed by atoms with Crippen LogP contribution in [0, 0.1) is 0 Å². The number of nitrogens with zero attached hydrogens (tertiary/aromatic N) is 2. The summed E-state index contributed by atoms with van der Waals surface area (Å²) in [6, 6.07) is 29.2. The number of rotatable bonds is 19. The Morgan fingerprint density at radius 1 is 0.596 bits per heavy atom. The van der Waals surface area contributed by atoms with Crippen LogP contribution in [0.15, 0.2) is 107 Å². The van der Waals surface area contributed by atoms with Gasteiger partial charge in [-0.2, -0.15) is 0 Å². The van der Waals surface area contributed by atoms with Gasteiger partial charge in [-0.25, -0.2) is 0 Å². The van der Waals surface area contributed by atoms with Crippen LogP contribution < -0.4 is 44.6 Å². The average molecular weight is 707 g/mol. The summed E-state index contributed by atoms with van der Waals surface area (Å²) in [5.74, 6) is -1.48. The molecule has 0 aromatic heterocycles. The van der Waals surface area contributed by atoms with Crippen molar-refractivity contribution in [3.8, 4) is 11.1 Å². The first-order valence-corrected chi connectivity index (χ1v) is 17.5. The number of hydrogen-bond donors (Lipinski definition) is 8. The number of benzene rings is 4. The molecule has 13 N–H and O–H groups in total. The number of guanidine groups is 2. The molecule has 0 heterocycles. The lowest BCUT2D eigenvalue weighted by molar-refractivity contribution is -0.132. The van der Waals surface area contributed by atoms with Gasteiger partial charge in [-0.1, -0.05) is 91.0 Å². The van der Waals surface area contributed by atoms with Crippen LogP contribution in [0.25, 0.3) is 21.9 Å². The van der Waals surface area contributed by atoms with Crippen molar-refractivity contribution < 1.29 is 14.4 Å². The van der Waals surface area contributed by atoms with Crippen molar-refractivity contribution in [2.75, 3.05) is 19.6 Å². The van der Waals surface area contributed by atoms with Crippen molar-refractivity contribution in [2.24, 2.45) is 38.7 Å². The molecule has 0 aliphatic heterocycles. The van der Waals surface area contributed by atoms with Crippen LogP contribution in [0.5, 0.6) is 0 Å². The monoisotopic (exact) mass is 706 g/mol. The first-order valence-electron chi connectivity index (χ1n) is 17.5. The lowest BCUT2D eigenvalue weighted by Crippen LogP contribution is -2.56. The minimum Gasteiger partial charge on any atom is -0.370 e. The lowest BCUT2D eigenvalue weighted by atomic mass is 9.98. The average Bonchev–Trinajstić information content (AvgIpc) is 3.14. The Kier molecular flexibility index (Phi) is 15.0. The predicted molar refractivity (Wildman–Crippen MR) is 208 cm³/mol. The molecule has 4 rings (SSSR count). The number of fused-ring (bicyclic) bond motifs is 1. The molecule has 0 radical (unpaired) electrons. The van der Waals surface area contributed by atoms with E-state index in [9.17, 15) is 14.4 Å². The number of aliphatic imine (C=N–C) groups is 2. The Bertz CT molecular complexity index is 1820. The van der Waals surface area contributed by atoms with Crippen LogP contribution in [0.3, 0.4) is 0 Å². The second-order valence-corrected chi connectivity index (χ2v) is 12.6. The number of carbonyl (C=O) groups excluding carboxylic acids is 3. The summed E-state index contributed by atoms with van der Waals surface area (Å²) in [5.41, 5.74) is 31.9. The Morgan fingerprint density at radius 2 is 1.19 bits per heavy atom. The molecule has 0 spiro atoms. The van der Waals surface area contributed by atoms with Crippen molar-refractivity contribution in [1.82, 2.24) is 16.0 Å². The van der Waals surface area contributed by atoms with Crippen LogP contribution in [0.4, 0.5) is 0 Å². The molecule has 3 amide bonds. The van der Waals surface area contributed by atoms with E-state index in [1.807, 2.05) is 66.7 Å². The third kappa shape index (κ3) is 12.7. The molecule has 0 aliphatic carbocycles. The largest absolute Gasteiger partial charge is 0.370 e. The molecular formula is C39H50N10O3. The van der Waals surface area contributed by atoms with Crippen molar-refractivity contribution >= 4 is 40.4 Å². The molecule has 0 fully saturated rings. The highest BCUT2D eigenvalue weighted by atomic mass is 16.2. The molecule has 0 saturated heterocycles. The van der Waals surface area contributed by atoms with Gasteiger partial charge in [0.05, 0.1) is 6.04 Å². The van der Waals surface area contributed by atoms with Gasteiger partial charge in [0.1, 0.15) is 12.1 Å². The summed E-state index contributed by atoms with van der Waals surface area (Å²) >= 11 is 0. The quantitative estimate of drug-likeness (QED) is 0.0405. The summed E-state index contributed by atoms with van der Waals surface area (Å²) in [7, 11) is 0. The molecule has 13 heteroatoms. The summed E-state index contributed by atoms with van der Waals surface area (Å²) in [6.45, 7) is 0.976. The maximum atomic E-state index is 13.9. The second kappa shape index (κ2) is 20.0. The van der Waals surface area contributed by atoms with Gasteiger partial charge in [-0.15, -0.1) is 0 Å². The molecule has 274 valence electrons. The van der Waals surface area contributed by atoms with E-state index in [1.54, 1.807) is 0 Å². The Morgan fingerprint density at radius 3 is 1.87 bits per heavy atom. The van der Waals surface area contributed by atoms with Gasteiger partial charge in [0.25, 0.3) is 0 Å². The van der Waals surface area contributed by atoms with Gasteiger partial charge in [0, 0.05) is 26.1 Å². The Hall–Kier alpha value is -5.95. The minimum atomic E-state index is -1.03. The fourth-order valence-electron chi connectivity index (χ4n) is 5.72. The highest BCUT2D eigenvalue weighted by Gasteiger charge is 2.28. The zero-order valence-electron chi connectivity index (χ0n) is 29.3. The first kappa shape index (κ1) is 38.8. The van der Waals surface area contributed by atoms with Crippen LogP contribution >= 0.6 is 0 Å². The zero-order valence-corrected chi connectivity index (χ0v) is 29.3. The van der Waals surface area contributed by atoms with Gasteiger partial charge in [0.15, 0.2) is 11.9 Å². The van der Waals surface area contributed by atoms with Gasteiger partial charge in [0.2, 0.25) is 17.7 Å². The van der Waals surface area contributed by atoms with Gasteiger partial charge in [-0.05, 0) is 71.2 Å². The van der Waals surface area contributed by atoms with E-state index in [2.05, 4.69) is 56.3 Å². The van der Waals surface area contributed by atoms with E-state index in [4.69, 9.17) is 28.7 Å². The number of carbonyl (C=O) groups is 3. The van der Waals surface area contributed by atoms with E-state index in [0.29, 0.717) is 38.8 Å². The molecule has 3 unspecified atom stereocenters. The topological polar surface area (TPSA) is 242 Å². The fraction of sp³-hybridized carbons (Fsp3) is 0.308. The number of nitrogens with two attached hydrogens (primary N) is 5. The third-order valence-corrected chi connectivity index (χ3v) is 8.55. The van der Waals surface area contributed by atoms with Crippen LogP contribution in [-0.4, -0.2) is 67.4 Å². The van der Waals surface area contributed by atoms with Crippen molar-refractivity contribution in [3.63, 3.8) is 0 Å². The van der Waals surface area contributed by atoms with Crippen molar-refractivity contribution in [1.29, 1.82) is 0 Å². The highest BCUT2D eigenvalue weighted by Crippen LogP contribution is 2.25. The first-order chi connectivity index (χ1) is 25.1. The van der Waals surface area contributed by atoms with Crippen molar-refractivity contribution in [2.45, 2.75) is 56.7 Å². The molecule has 3 atom stereocenters.